The van der Waals surface area contributed by atoms with Gasteiger partial charge in [-0.05, 0) is 48.9 Å². The lowest BCUT2D eigenvalue weighted by Crippen LogP contribution is -2.28. The van der Waals surface area contributed by atoms with Gasteiger partial charge in [0, 0.05) is 30.4 Å². The summed E-state index contributed by atoms with van der Waals surface area (Å²) < 4.78 is 10.9. The van der Waals surface area contributed by atoms with E-state index in [0.717, 1.165) is 16.8 Å². The van der Waals surface area contributed by atoms with Crippen molar-refractivity contribution in [1.29, 1.82) is 0 Å². The van der Waals surface area contributed by atoms with E-state index in [0.29, 0.717) is 37.5 Å². The second-order valence-electron chi connectivity index (χ2n) is 7.03. The third kappa shape index (κ3) is 6.65. The van der Waals surface area contributed by atoms with E-state index >= 15 is 0 Å². The van der Waals surface area contributed by atoms with Crippen LogP contribution in [0.25, 0.3) is 11.3 Å². The normalized spacial score (nSPS) is 11.5. The first-order valence-electron chi connectivity index (χ1n) is 10.4. The van der Waals surface area contributed by atoms with Crippen LogP contribution in [0.4, 0.5) is 0 Å². The van der Waals surface area contributed by atoms with Gasteiger partial charge in [0.25, 0.3) is 5.91 Å². The topological polar surface area (TPSA) is 97.8 Å². The predicted octanol–water partition coefficient (Wildman–Crippen LogP) is 3.59. The van der Waals surface area contributed by atoms with Crippen LogP contribution in [0.3, 0.4) is 0 Å². The number of pyridine rings is 1. The minimum absolute atomic E-state index is 0.174. The van der Waals surface area contributed by atoms with Crippen LogP contribution in [0.2, 0.25) is 0 Å². The fourth-order valence-electron chi connectivity index (χ4n) is 3.12. The molecule has 0 aliphatic rings. The molecule has 0 aliphatic heterocycles. The fraction of sp³-hybridized carbons (Fsp3) is 0.240. The zero-order chi connectivity index (χ0) is 22.8. The molecule has 2 aromatic carbocycles. The van der Waals surface area contributed by atoms with E-state index in [2.05, 4.69) is 10.3 Å². The Kier molecular flexibility index (Phi) is 8.34. The highest BCUT2D eigenvalue weighted by molar-refractivity contribution is 5.94. The lowest BCUT2D eigenvalue weighted by atomic mass is 10.1. The van der Waals surface area contributed by atoms with E-state index in [1.807, 2.05) is 42.5 Å². The lowest BCUT2D eigenvalue weighted by Gasteiger charge is -2.13. The van der Waals surface area contributed by atoms with Crippen LogP contribution in [0.15, 0.2) is 72.9 Å². The van der Waals surface area contributed by atoms with E-state index in [4.69, 9.17) is 14.6 Å². The first kappa shape index (κ1) is 23.0. The average molecular weight is 434 g/mol. The fourth-order valence-corrected chi connectivity index (χ4v) is 3.12. The molecule has 0 radical (unpaired) electrons. The number of aliphatic carboxylic acids is 1. The van der Waals surface area contributed by atoms with Crippen molar-refractivity contribution >= 4 is 11.9 Å². The molecule has 2 N–H and O–H groups in total. The molecule has 1 heterocycles. The molecule has 1 unspecified atom stereocenters. The highest BCUT2D eigenvalue weighted by atomic mass is 16.5. The van der Waals surface area contributed by atoms with Gasteiger partial charge in [0.2, 0.25) is 0 Å². The van der Waals surface area contributed by atoms with Crippen molar-refractivity contribution in [3.05, 3.63) is 84.1 Å². The second kappa shape index (κ2) is 11.6. The smallest absolute Gasteiger partial charge is 0.333 e. The van der Waals surface area contributed by atoms with Crippen LogP contribution in [-0.4, -0.2) is 47.8 Å². The number of hydrogen-bond acceptors (Lipinski definition) is 5. The summed E-state index contributed by atoms with van der Waals surface area (Å²) in [5.41, 5.74) is 3.22. The van der Waals surface area contributed by atoms with Gasteiger partial charge in [-0.3, -0.25) is 9.78 Å². The molecule has 7 nitrogen and oxygen atoms in total. The maximum Gasteiger partial charge on any atom is 0.333 e. The van der Waals surface area contributed by atoms with E-state index in [1.54, 1.807) is 37.4 Å². The number of amides is 1. The van der Waals surface area contributed by atoms with E-state index in [1.165, 1.54) is 0 Å². The van der Waals surface area contributed by atoms with Gasteiger partial charge in [-0.1, -0.05) is 30.3 Å². The van der Waals surface area contributed by atoms with Gasteiger partial charge in [-0.2, -0.15) is 0 Å². The molecular weight excluding hydrogens is 408 g/mol. The van der Waals surface area contributed by atoms with Crippen molar-refractivity contribution in [2.24, 2.45) is 0 Å². The minimum atomic E-state index is -0.978. The van der Waals surface area contributed by atoms with Crippen LogP contribution >= 0.6 is 0 Å². The summed E-state index contributed by atoms with van der Waals surface area (Å²) in [6, 6.07) is 20.2. The molecule has 3 rings (SSSR count). The van der Waals surface area contributed by atoms with Crippen molar-refractivity contribution < 1.29 is 24.2 Å². The number of carboxylic acid groups (broad SMARTS) is 1. The zero-order valence-corrected chi connectivity index (χ0v) is 17.9. The van der Waals surface area contributed by atoms with Gasteiger partial charge < -0.3 is 19.9 Å². The molecule has 1 aromatic heterocycles. The Hall–Kier alpha value is -3.71. The van der Waals surface area contributed by atoms with Gasteiger partial charge in [-0.15, -0.1) is 0 Å². The largest absolute Gasteiger partial charge is 0.492 e. The van der Waals surface area contributed by atoms with Crippen LogP contribution < -0.4 is 10.1 Å². The number of benzene rings is 2. The second-order valence-corrected chi connectivity index (χ2v) is 7.03. The number of nitrogens with zero attached hydrogens (tertiary/aromatic N) is 1. The van der Waals surface area contributed by atoms with Crippen LogP contribution in [0.1, 0.15) is 22.8 Å². The summed E-state index contributed by atoms with van der Waals surface area (Å²) in [5.74, 6) is -0.507. The summed E-state index contributed by atoms with van der Waals surface area (Å²) in [4.78, 5) is 27.8. The first-order valence-corrected chi connectivity index (χ1v) is 10.4. The van der Waals surface area contributed by atoms with Crippen molar-refractivity contribution in [3.63, 3.8) is 0 Å². The monoisotopic (exact) mass is 434 g/mol. The van der Waals surface area contributed by atoms with Crippen molar-refractivity contribution in [3.8, 4) is 17.0 Å². The summed E-state index contributed by atoms with van der Waals surface area (Å²) >= 11 is 0. The molecule has 0 spiro atoms. The Balaban J connectivity index is 1.43. The van der Waals surface area contributed by atoms with Crippen LogP contribution in [-0.2, 0) is 16.0 Å². The summed E-state index contributed by atoms with van der Waals surface area (Å²) in [5, 5.41) is 12.0. The number of ether oxygens (including phenoxy) is 2. The Bertz CT molecular complexity index is 1000. The van der Waals surface area contributed by atoms with Gasteiger partial charge in [-0.25, -0.2) is 4.79 Å². The summed E-state index contributed by atoms with van der Waals surface area (Å²) in [7, 11) is 0. The van der Waals surface area contributed by atoms with Crippen molar-refractivity contribution in [1.82, 2.24) is 10.3 Å². The maximum absolute atomic E-state index is 12.3. The van der Waals surface area contributed by atoms with Gasteiger partial charge >= 0.3 is 5.97 Å². The third-order valence-corrected chi connectivity index (χ3v) is 4.75. The zero-order valence-electron chi connectivity index (χ0n) is 17.9. The number of carbonyl (C=O) groups is 2. The molecule has 1 atom stereocenters. The SMILES string of the molecule is CCOC(Cc1ccc(OCCNC(=O)c2ccc(-c3ccccn3)cc2)cc1)C(=O)O. The highest BCUT2D eigenvalue weighted by Crippen LogP contribution is 2.17. The Morgan fingerprint density at radius 2 is 1.78 bits per heavy atom. The molecule has 0 saturated carbocycles. The molecule has 3 aromatic rings. The molecule has 1 amide bonds. The number of carboxylic acids is 1. The molecular formula is C25H26N2O5. The number of hydrogen-bond donors (Lipinski definition) is 2. The van der Waals surface area contributed by atoms with E-state index < -0.39 is 12.1 Å². The molecule has 32 heavy (non-hydrogen) atoms. The molecule has 166 valence electrons. The van der Waals surface area contributed by atoms with E-state index in [-0.39, 0.29) is 5.91 Å². The molecule has 0 saturated heterocycles. The van der Waals surface area contributed by atoms with Crippen molar-refractivity contribution in [2.45, 2.75) is 19.4 Å². The standard InChI is InChI=1S/C25H26N2O5/c1-2-31-23(25(29)30)17-18-6-12-21(13-7-18)32-16-15-27-24(28)20-10-8-19(9-11-20)22-5-3-4-14-26-22/h3-14,23H,2,15-17H2,1H3,(H,27,28)(H,29,30). The summed E-state index contributed by atoms with van der Waals surface area (Å²) in [6.45, 7) is 2.78. The molecule has 7 heteroatoms. The van der Waals surface area contributed by atoms with E-state index in [9.17, 15) is 9.59 Å². The van der Waals surface area contributed by atoms with Crippen LogP contribution in [0.5, 0.6) is 5.75 Å². The number of carbonyl (C=O) groups excluding carboxylic acids is 1. The quantitative estimate of drug-likeness (QED) is 0.448. The average Bonchev–Trinajstić information content (AvgIpc) is 2.83. The minimum Gasteiger partial charge on any atom is -0.492 e. The molecule has 0 bridgehead atoms. The molecule has 0 aliphatic carbocycles. The Labute approximate surface area is 187 Å². The number of aromatic nitrogens is 1. The molecule has 0 fully saturated rings. The number of rotatable bonds is 11. The number of nitrogens with one attached hydrogen (secondary N) is 1. The van der Waals surface area contributed by atoms with Gasteiger partial charge in [0.1, 0.15) is 12.4 Å². The van der Waals surface area contributed by atoms with Crippen molar-refractivity contribution in [2.75, 3.05) is 19.8 Å². The van der Waals surface area contributed by atoms with Gasteiger partial charge in [0.15, 0.2) is 6.10 Å². The Morgan fingerprint density at radius 1 is 1.03 bits per heavy atom. The summed E-state index contributed by atoms with van der Waals surface area (Å²) in [6.07, 6.45) is 1.16. The first-order chi connectivity index (χ1) is 15.6. The maximum atomic E-state index is 12.3. The van der Waals surface area contributed by atoms with Crippen LogP contribution in [0, 0.1) is 0 Å². The lowest BCUT2D eigenvalue weighted by molar-refractivity contribution is -0.149. The third-order valence-electron chi connectivity index (χ3n) is 4.75. The van der Waals surface area contributed by atoms with Gasteiger partial charge in [0.05, 0.1) is 12.2 Å². The predicted molar refractivity (Wildman–Crippen MR) is 121 cm³/mol. The Morgan fingerprint density at radius 3 is 2.41 bits per heavy atom. The highest BCUT2D eigenvalue weighted by Gasteiger charge is 2.17.